The number of benzene rings is 1. The molecule has 0 aliphatic carbocycles. The van der Waals surface area contributed by atoms with Crippen molar-refractivity contribution in [2.75, 3.05) is 32.6 Å². The smallest absolute Gasteiger partial charge is 0.239 e. The lowest BCUT2D eigenvalue weighted by molar-refractivity contribution is -0.133. The summed E-state index contributed by atoms with van der Waals surface area (Å²) in [6.45, 7) is 3.04. The normalized spacial score (nSPS) is 18.1. The van der Waals surface area contributed by atoms with Gasteiger partial charge >= 0.3 is 0 Å². The summed E-state index contributed by atoms with van der Waals surface area (Å²) in [7, 11) is 1.58. The maximum atomic E-state index is 12.0. The van der Waals surface area contributed by atoms with E-state index in [9.17, 15) is 9.59 Å². The van der Waals surface area contributed by atoms with Crippen LogP contribution in [0, 0.1) is 6.92 Å². The maximum absolute atomic E-state index is 12.0. The fraction of sp³-hybridized carbons (Fsp3) is 0.467. The lowest BCUT2D eigenvalue weighted by Crippen LogP contribution is -2.40. The summed E-state index contributed by atoms with van der Waals surface area (Å²) in [5, 5.41) is 2.67. The van der Waals surface area contributed by atoms with E-state index in [4.69, 9.17) is 4.74 Å². The van der Waals surface area contributed by atoms with Gasteiger partial charge < -0.3 is 15.0 Å². The van der Waals surface area contributed by atoms with Gasteiger partial charge in [-0.3, -0.25) is 9.59 Å². The number of ether oxygens (including phenoxy) is 1. The van der Waals surface area contributed by atoms with E-state index in [2.05, 4.69) is 5.32 Å². The molecule has 21 heavy (non-hydrogen) atoms. The Bertz CT molecular complexity index is 521. The van der Waals surface area contributed by atoms with Crippen molar-refractivity contribution in [2.24, 2.45) is 0 Å². The Labute approximate surface area is 129 Å². The molecule has 1 fully saturated rings. The van der Waals surface area contributed by atoms with Gasteiger partial charge in [0.2, 0.25) is 11.8 Å². The predicted octanol–water partition coefficient (Wildman–Crippen LogP) is 1.33. The van der Waals surface area contributed by atoms with Crippen LogP contribution in [0.15, 0.2) is 24.3 Å². The topological polar surface area (TPSA) is 58.6 Å². The summed E-state index contributed by atoms with van der Waals surface area (Å²) >= 11 is 1.57. The van der Waals surface area contributed by atoms with E-state index in [0.717, 1.165) is 11.1 Å². The fourth-order valence-electron chi connectivity index (χ4n) is 2.25. The summed E-state index contributed by atoms with van der Waals surface area (Å²) in [5.41, 5.74) is 2.23. The quantitative estimate of drug-likeness (QED) is 0.806. The lowest BCUT2D eigenvalue weighted by Gasteiger charge is -2.24. The second-order valence-corrected chi connectivity index (χ2v) is 5.95. The molecule has 2 rings (SSSR count). The number of thioether (sulfide) groups is 1. The molecule has 1 atom stereocenters. The van der Waals surface area contributed by atoms with Crippen LogP contribution in [0.4, 0.5) is 0 Å². The van der Waals surface area contributed by atoms with Crippen LogP contribution < -0.4 is 5.32 Å². The summed E-state index contributed by atoms with van der Waals surface area (Å²) in [6.07, 6.45) is 0. The number of nitrogens with one attached hydrogen (secondary N) is 1. The largest absolute Gasteiger partial charge is 0.383 e. The van der Waals surface area contributed by atoms with Crippen molar-refractivity contribution in [1.29, 1.82) is 0 Å². The minimum absolute atomic E-state index is 0.00939. The van der Waals surface area contributed by atoms with Gasteiger partial charge in [-0.2, -0.15) is 0 Å². The molecule has 0 spiro atoms. The first-order chi connectivity index (χ1) is 10.1. The Morgan fingerprint density at radius 3 is 2.95 bits per heavy atom. The molecule has 5 nitrogen and oxygen atoms in total. The zero-order chi connectivity index (χ0) is 15.2. The van der Waals surface area contributed by atoms with Crippen LogP contribution in [0.5, 0.6) is 0 Å². The van der Waals surface area contributed by atoms with Gasteiger partial charge in [-0.15, -0.1) is 11.8 Å². The number of carbonyl (C=O) groups is 2. The molecule has 0 saturated carbocycles. The van der Waals surface area contributed by atoms with Crippen LogP contribution in [0.2, 0.25) is 0 Å². The Morgan fingerprint density at radius 1 is 1.48 bits per heavy atom. The number of hydrogen-bond acceptors (Lipinski definition) is 4. The molecule has 1 saturated heterocycles. The molecule has 0 bridgehead atoms. The van der Waals surface area contributed by atoms with Gasteiger partial charge in [-0.25, -0.2) is 0 Å². The average molecular weight is 308 g/mol. The standard InChI is InChI=1S/C15H20N2O3S/c1-11-5-3-4-6-12(11)15-17(14(19)10-21-15)9-13(18)16-7-8-20-2/h3-6,15H,7-10H2,1-2H3,(H,16,18)/t15-/m0/s1. The first kappa shape index (κ1) is 15.9. The van der Waals surface area contributed by atoms with Gasteiger partial charge in [-0.05, 0) is 18.1 Å². The van der Waals surface area contributed by atoms with Crippen molar-refractivity contribution in [2.45, 2.75) is 12.3 Å². The predicted molar refractivity (Wildman–Crippen MR) is 83.0 cm³/mol. The number of hydrogen-bond donors (Lipinski definition) is 1. The van der Waals surface area contributed by atoms with Gasteiger partial charge in [-0.1, -0.05) is 24.3 Å². The first-order valence-corrected chi connectivity index (χ1v) is 7.90. The van der Waals surface area contributed by atoms with Crippen LogP contribution in [0.3, 0.4) is 0 Å². The number of rotatable bonds is 6. The van der Waals surface area contributed by atoms with E-state index in [1.807, 2.05) is 31.2 Å². The minimum atomic E-state index is -0.151. The molecule has 2 amide bonds. The van der Waals surface area contributed by atoms with Crippen LogP contribution in [0.1, 0.15) is 16.5 Å². The Kier molecular flexibility index (Phi) is 5.64. The molecule has 0 radical (unpaired) electrons. The molecule has 0 unspecified atom stereocenters. The van der Waals surface area contributed by atoms with E-state index in [1.54, 1.807) is 23.8 Å². The van der Waals surface area contributed by atoms with E-state index < -0.39 is 0 Å². The number of nitrogens with zero attached hydrogens (tertiary/aromatic N) is 1. The summed E-state index contributed by atoms with van der Waals surface area (Å²) in [4.78, 5) is 25.6. The summed E-state index contributed by atoms with van der Waals surface area (Å²) in [5.74, 6) is 0.279. The highest BCUT2D eigenvalue weighted by molar-refractivity contribution is 8.00. The molecule has 0 aromatic heterocycles. The third kappa shape index (κ3) is 3.98. The van der Waals surface area contributed by atoms with Crippen LogP contribution in [0.25, 0.3) is 0 Å². The van der Waals surface area contributed by atoms with Crippen molar-refractivity contribution in [3.63, 3.8) is 0 Å². The third-order valence-corrected chi connectivity index (χ3v) is 4.60. The van der Waals surface area contributed by atoms with Crippen LogP contribution >= 0.6 is 11.8 Å². The number of carbonyl (C=O) groups excluding carboxylic acids is 2. The second-order valence-electron chi connectivity index (χ2n) is 4.88. The van der Waals surface area contributed by atoms with E-state index in [0.29, 0.717) is 18.9 Å². The minimum Gasteiger partial charge on any atom is -0.383 e. The zero-order valence-electron chi connectivity index (χ0n) is 12.3. The Hall–Kier alpha value is -1.53. The fourth-order valence-corrected chi connectivity index (χ4v) is 3.53. The molecule has 1 aromatic rings. The maximum Gasteiger partial charge on any atom is 0.239 e. The zero-order valence-corrected chi connectivity index (χ0v) is 13.1. The molecule has 1 aromatic carbocycles. The highest BCUT2D eigenvalue weighted by atomic mass is 32.2. The molecule has 1 heterocycles. The molecular formula is C15H20N2O3S. The second kappa shape index (κ2) is 7.47. The highest BCUT2D eigenvalue weighted by Crippen LogP contribution is 2.39. The summed E-state index contributed by atoms with van der Waals surface area (Å²) < 4.78 is 4.89. The van der Waals surface area contributed by atoms with Crippen molar-refractivity contribution in [3.8, 4) is 0 Å². The SMILES string of the molecule is COCCNC(=O)CN1C(=O)CS[C@H]1c1ccccc1C. The van der Waals surface area contributed by atoms with Gasteiger partial charge in [0.15, 0.2) is 0 Å². The van der Waals surface area contributed by atoms with E-state index in [1.165, 1.54) is 0 Å². The van der Waals surface area contributed by atoms with Gasteiger partial charge in [0, 0.05) is 13.7 Å². The highest BCUT2D eigenvalue weighted by Gasteiger charge is 2.34. The Balaban J connectivity index is 2.04. The molecular weight excluding hydrogens is 288 g/mol. The summed E-state index contributed by atoms with van der Waals surface area (Å²) in [6, 6.07) is 7.97. The Morgan fingerprint density at radius 2 is 2.24 bits per heavy atom. The average Bonchev–Trinajstić information content (AvgIpc) is 2.81. The monoisotopic (exact) mass is 308 g/mol. The van der Waals surface area contributed by atoms with E-state index in [-0.39, 0.29) is 23.7 Å². The first-order valence-electron chi connectivity index (χ1n) is 6.85. The van der Waals surface area contributed by atoms with Gasteiger partial charge in [0.1, 0.15) is 11.9 Å². The molecule has 114 valence electrons. The van der Waals surface area contributed by atoms with Gasteiger partial charge in [0.05, 0.1) is 12.4 Å². The van der Waals surface area contributed by atoms with Crippen LogP contribution in [-0.2, 0) is 14.3 Å². The van der Waals surface area contributed by atoms with Crippen molar-refractivity contribution in [1.82, 2.24) is 10.2 Å². The number of aryl methyl sites for hydroxylation is 1. The molecule has 1 aliphatic rings. The number of amides is 2. The molecule has 1 aliphatic heterocycles. The molecule has 6 heteroatoms. The van der Waals surface area contributed by atoms with Crippen molar-refractivity contribution in [3.05, 3.63) is 35.4 Å². The number of methoxy groups -OCH3 is 1. The van der Waals surface area contributed by atoms with Crippen molar-refractivity contribution >= 4 is 23.6 Å². The third-order valence-electron chi connectivity index (χ3n) is 3.36. The van der Waals surface area contributed by atoms with E-state index >= 15 is 0 Å². The molecule has 1 N–H and O–H groups in total. The van der Waals surface area contributed by atoms with Crippen LogP contribution in [-0.4, -0.2) is 49.3 Å². The van der Waals surface area contributed by atoms with Crippen molar-refractivity contribution < 1.29 is 14.3 Å². The lowest BCUT2D eigenvalue weighted by atomic mass is 10.1. The van der Waals surface area contributed by atoms with Gasteiger partial charge in [0.25, 0.3) is 0 Å².